The van der Waals surface area contributed by atoms with E-state index in [0.717, 1.165) is 24.9 Å². The molecule has 2 atom stereocenters. The zero-order chi connectivity index (χ0) is 15.7. The standard InChI is InChI=1S/C17H20FN3O.2ClH/c1-10-9-19-6-5-15(10)21-17(22)14-7-12-3-4-13(18)8-16(12)20-11(14)2;;/h3-4,7-8,10,15,19H,5-6,9H2,1-2H3,(H,21,22);2*1H. The summed E-state index contributed by atoms with van der Waals surface area (Å²) in [5.74, 6) is -0.0179. The van der Waals surface area contributed by atoms with Crippen molar-refractivity contribution in [1.29, 1.82) is 0 Å². The molecule has 3 rings (SSSR count). The summed E-state index contributed by atoms with van der Waals surface area (Å²) in [6.45, 7) is 5.75. The van der Waals surface area contributed by atoms with Gasteiger partial charge in [0.15, 0.2) is 0 Å². The van der Waals surface area contributed by atoms with Crippen molar-refractivity contribution < 1.29 is 9.18 Å². The van der Waals surface area contributed by atoms with Gasteiger partial charge in [0, 0.05) is 17.5 Å². The first-order valence-electron chi connectivity index (χ1n) is 7.63. The minimum atomic E-state index is -0.319. The van der Waals surface area contributed by atoms with Gasteiger partial charge in [0.2, 0.25) is 0 Å². The van der Waals surface area contributed by atoms with Crippen LogP contribution in [0.3, 0.4) is 0 Å². The van der Waals surface area contributed by atoms with E-state index in [1.165, 1.54) is 12.1 Å². The third-order valence-corrected chi connectivity index (χ3v) is 4.32. The zero-order valence-corrected chi connectivity index (χ0v) is 15.3. The first-order chi connectivity index (χ1) is 10.5. The molecule has 0 bridgehead atoms. The molecule has 1 fully saturated rings. The summed E-state index contributed by atoms with van der Waals surface area (Å²) >= 11 is 0. The van der Waals surface area contributed by atoms with Crippen molar-refractivity contribution >= 4 is 41.6 Å². The number of benzene rings is 1. The monoisotopic (exact) mass is 373 g/mol. The van der Waals surface area contributed by atoms with Gasteiger partial charge >= 0.3 is 0 Å². The molecule has 0 spiro atoms. The predicted octanol–water partition coefficient (Wildman–Crippen LogP) is 3.25. The third-order valence-electron chi connectivity index (χ3n) is 4.32. The van der Waals surface area contributed by atoms with Crippen molar-refractivity contribution in [3.8, 4) is 0 Å². The minimum Gasteiger partial charge on any atom is -0.349 e. The zero-order valence-electron chi connectivity index (χ0n) is 13.6. The number of aromatic nitrogens is 1. The average molecular weight is 374 g/mol. The van der Waals surface area contributed by atoms with Gasteiger partial charge in [0.05, 0.1) is 16.8 Å². The number of nitrogens with zero attached hydrogens (tertiary/aromatic N) is 1. The Balaban J connectivity index is 0.00000144. The number of pyridine rings is 1. The van der Waals surface area contributed by atoms with Crippen molar-refractivity contribution in [3.63, 3.8) is 0 Å². The van der Waals surface area contributed by atoms with E-state index in [9.17, 15) is 9.18 Å². The molecule has 0 aliphatic carbocycles. The SMILES string of the molecule is Cc1nc2cc(F)ccc2cc1C(=O)NC1CCNCC1C.Cl.Cl. The van der Waals surface area contributed by atoms with Gasteiger partial charge in [-0.25, -0.2) is 4.39 Å². The van der Waals surface area contributed by atoms with Gasteiger partial charge in [-0.15, -0.1) is 24.8 Å². The summed E-state index contributed by atoms with van der Waals surface area (Å²) in [6.07, 6.45) is 0.929. The van der Waals surface area contributed by atoms with E-state index in [1.807, 2.05) is 0 Å². The number of halogens is 3. The van der Waals surface area contributed by atoms with Crippen molar-refractivity contribution in [2.24, 2.45) is 5.92 Å². The van der Waals surface area contributed by atoms with Crippen molar-refractivity contribution in [2.75, 3.05) is 13.1 Å². The summed E-state index contributed by atoms with van der Waals surface area (Å²) in [5, 5.41) is 7.20. The number of hydrogen-bond acceptors (Lipinski definition) is 3. The summed E-state index contributed by atoms with van der Waals surface area (Å²) in [5.41, 5.74) is 1.76. The molecule has 132 valence electrons. The van der Waals surface area contributed by atoms with Gasteiger partial charge in [-0.2, -0.15) is 0 Å². The van der Waals surface area contributed by atoms with Gasteiger partial charge in [-0.3, -0.25) is 9.78 Å². The second-order valence-electron chi connectivity index (χ2n) is 6.01. The number of amides is 1. The molecule has 2 unspecified atom stereocenters. The number of carbonyl (C=O) groups excluding carboxylic acids is 1. The average Bonchev–Trinajstić information content (AvgIpc) is 2.48. The van der Waals surface area contributed by atoms with Crippen LogP contribution in [0.15, 0.2) is 24.3 Å². The molecule has 1 saturated heterocycles. The predicted molar refractivity (Wildman–Crippen MR) is 98.8 cm³/mol. The minimum absolute atomic E-state index is 0. The highest BCUT2D eigenvalue weighted by Crippen LogP contribution is 2.19. The fourth-order valence-electron chi connectivity index (χ4n) is 2.94. The van der Waals surface area contributed by atoms with Crippen LogP contribution in [0, 0.1) is 18.7 Å². The van der Waals surface area contributed by atoms with E-state index in [4.69, 9.17) is 0 Å². The summed E-state index contributed by atoms with van der Waals surface area (Å²) in [6, 6.07) is 6.39. The van der Waals surface area contributed by atoms with Crippen LogP contribution >= 0.6 is 24.8 Å². The summed E-state index contributed by atoms with van der Waals surface area (Å²) in [7, 11) is 0. The normalized spacial score (nSPS) is 20.0. The summed E-state index contributed by atoms with van der Waals surface area (Å²) < 4.78 is 13.3. The lowest BCUT2D eigenvalue weighted by Crippen LogP contribution is -2.48. The van der Waals surface area contributed by atoms with Crippen LogP contribution in [0.2, 0.25) is 0 Å². The molecule has 24 heavy (non-hydrogen) atoms. The van der Waals surface area contributed by atoms with Crippen LogP contribution in [0.25, 0.3) is 10.9 Å². The van der Waals surface area contributed by atoms with Crippen LogP contribution in [0.5, 0.6) is 0 Å². The molecule has 1 aliphatic rings. The van der Waals surface area contributed by atoms with Crippen LogP contribution in [-0.2, 0) is 0 Å². The lowest BCUT2D eigenvalue weighted by atomic mass is 9.95. The first-order valence-corrected chi connectivity index (χ1v) is 7.63. The molecular weight excluding hydrogens is 352 g/mol. The fraction of sp³-hybridized carbons (Fsp3) is 0.412. The number of aryl methyl sites for hydroxylation is 1. The quantitative estimate of drug-likeness (QED) is 0.849. The lowest BCUT2D eigenvalue weighted by Gasteiger charge is -2.30. The maximum absolute atomic E-state index is 13.3. The number of fused-ring (bicyclic) bond motifs is 1. The highest BCUT2D eigenvalue weighted by Gasteiger charge is 2.24. The van der Waals surface area contributed by atoms with Gasteiger partial charge < -0.3 is 10.6 Å². The number of hydrogen-bond donors (Lipinski definition) is 2. The van der Waals surface area contributed by atoms with Crippen LogP contribution in [0.4, 0.5) is 4.39 Å². The van der Waals surface area contributed by atoms with Gasteiger partial charge in [-0.1, -0.05) is 6.92 Å². The van der Waals surface area contributed by atoms with Crippen LogP contribution < -0.4 is 10.6 Å². The Morgan fingerprint density at radius 3 is 2.79 bits per heavy atom. The Morgan fingerprint density at radius 1 is 1.33 bits per heavy atom. The topological polar surface area (TPSA) is 54.0 Å². The molecular formula is C17H22Cl2FN3O. The Morgan fingerprint density at radius 2 is 2.08 bits per heavy atom. The lowest BCUT2D eigenvalue weighted by molar-refractivity contribution is 0.0913. The van der Waals surface area contributed by atoms with Crippen molar-refractivity contribution in [3.05, 3.63) is 41.3 Å². The second kappa shape index (κ2) is 8.60. The van der Waals surface area contributed by atoms with E-state index in [0.29, 0.717) is 22.7 Å². The van der Waals surface area contributed by atoms with E-state index >= 15 is 0 Å². The van der Waals surface area contributed by atoms with E-state index in [-0.39, 0.29) is 42.6 Å². The smallest absolute Gasteiger partial charge is 0.253 e. The maximum Gasteiger partial charge on any atom is 0.253 e. The van der Waals surface area contributed by atoms with Crippen molar-refractivity contribution in [1.82, 2.24) is 15.6 Å². The molecule has 2 heterocycles. The number of rotatable bonds is 2. The second-order valence-corrected chi connectivity index (χ2v) is 6.01. The Bertz CT molecular complexity index is 726. The van der Waals surface area contributed by atoms with Gasteiger partial charge in [0.1, 0.15) is 5.82 Å². The van der Waals surface area contributed by atoms with E-state index in [1.54, 1.807) is 19.1 Å². The Kier molecular flexibility index (Phi) is 7.39. The van der Waals surface area contributed by atoms with E-state index in [2.05, 4.69) is 22.5 Å². The Hall–Kier alpha value is -1.43. The third kappa shape index (κ3) is 4.35. The van der Waals surface area contributed by atoms with Gasteiger partial charge in [-0.05, 0) is 50.6 Å². The van der Waals surface area contributed by atoms with Gasteiger partial charge in [0.25, 0.3) is 5.91 Å². The highest BCUT2D eigenvalue weighted by atomic mass is 35.5. The molecule has 1 aliphatic heterocycles. The first kappa shape index (κ1) is 20.6. The number of carbonyl (C=O) groups is 1. The molecule has 0 saturated carbocycles. The fourth-order valence-corrected chi connectivity index (χ4v) is 2.94. The molecule has 0 radical (unpaired) electrons. The molecule has 2 aromatic rings. The number of piperidine rings is 1. The molecule has 7 heteroatoms. The molecule has 4 nitrogen and oxygen atoms in total. The Labute approximate surface area is 153 Å². The molecule has 1 aromatic carbocycles. The maximum atomic E-state index is 13.3. The largest absolute Gasteiger partial charge is 0.349 e. The summed E-state index contributed by atoms with van der Waals surface area (Å²) in [4.78, 5) is 16.9. The van der Waals surface area contributed by atoms with Crippen LogP contribution in [-0.4, -0.2) is 30.0 Å². The molecule has 1 aromatic heterocycles. The van der Waals surface area contributed by atoms with Crippen LogP contribution in [0.1, 0.15) is 29.4 Å². The molecule has 1 amide bonds. The number of nitrogens with one attached hydrogen (secondary N) is 2. The highest BCUT2D eigenvalue weighted by molar-refractivity contribution is 5.98. The molecule has 2 N–H and O–H groups in total. The van der Waals surface area contributed by atoms with E-state index < -0.39 is 0 Å². The van der Waals surface area contributed by atoms with Crippen molar-refractivity contribution in [2.45, 2.75) is 26.3 Å².